The van der Waals surface area contributed by atoms with E-state index in [9.17, 15) is 4.79 Å². The summed E-state index contributed by atoms with van der Waals surface area (Å²) in [6.45, 7) is 3.95. The van der Waals surface area contributed by atoms with Gasteiger partial charge in [-0.15, -0.1) is 5.10 Å². The van der Waals surface area contributed by atoms with E-state index in [1.165, 1.54) is 40.5 Å². The molecule has 0 bridgehead atoms. The molecular formula is C22H21N5O2S2. The summed E-state index contributed by atoms with van der Waals surface area (Å²) in [5.41, 5.74) is 1.38. The summed E-state index contributed by atoms with van der Waals surface area (Å²) >= 11 is 2.87. The van der Waals surface area contributed by atoms with Crippen molar-refractivity contribution in [2.75, 3.05) is 13.1 Å². The first-order valence-electron chi connectivity index (χ1n) is 10.2. The minimum absolute atomic E-state index is 0.0265. The highest BCUT2D eigenvalue weighted by Gasteiger charge is 2.37. The fourth-order valence-corrected chi connectivity index (χ4v) is 5.25. The van der Waals surface area contributed by atoms with Crippen LogP contribution in [0.15, 0.2) is 66.5 Å². The van der Waals surface area contributed by atoms with Crippen LogP contribution < -0.4 is 0 Å². The first-order chi connectivity index (χ1) is 15.1. The lowest BCUT2D eigenvalue weighted by molar-refractivity contribution is -0.114. The topological polar surface area (TPSA) is 85.3 Å². The van der Waals surface area contributed by atoms with Gasteiger partial charge in [0.1, 0.15) is 5.76 Å². The summed E-state index contributed by atoms with van der Waals surface area (Å²) in [5.74, 6) is 0.0927. The first-order valence-corrected chi connectivity index (χ1v) is 11.8. The highest BCUT2D eigenvalue weighted by atomic mass is 32.2. The van der Waals surface area contributed by atoms with Gasteiger partial charge < -0.3 is 9.32 Å². The Morgan fingerprint density at radius 2 is 1.87 bits per heavy atom. The monoisotopic (exact) mass is 451 g/mol. The number of piperidine rings is 1. The molecule has 1 amide bonds. The van der Waals surface area contributed by atoms with Crippen LogP contribution >= 0.6 is 23.5 Å². The Morgan fingerprint density at radius 3 is 2.65 bits per heavy atom. The molecule has 1 aromatic heterocycles. The average molecular weight is 452 g/mol. The highest BCUT2D eigenvalue weighted by molar-refractivity contribution is 8.26. The molecule has 31 heavy (non-hydrogen) atoms. The number of fused-ring (bicyclic) bond motifs is 1. The number of furan rings is 1. The van der Waals surface area contributed by atoms with Crippen molar-refractivity contribution in [2.45, 2.75) is 36.2 Å². The summed E-state index contributed by atoms with van der Waals surface area (Å²) < 4.78 is 5.87. The van der Waals surface area contributed by atoms with Crippen LogP contribution in [0, 0.1) is 12.3 Å². The van der Waals surface area contributed by atoms with Crippen LogP contribution in [0.1, 0.15) is 30.6 Å². The van der Waals surface area contributed by atoms with Gasteiger partial charge >= 0.3 is 0 Å². The SMILES string of the molecule is Cc1ccc(Sc2ccc(/C=C3\C(=N)N4N=C(N5CCCCC5)SC4=NC3=O)o2)cc1. The van der Waals surface area contributed by atoms with Crippen molar-refractivity contribution in [1.29, 1.82) is 5.41 Å². The second-order valence-corrected chi connectivity index (χ2v) is 9.53. The van der Waals surface area contributed by atoms with Crippen molar-refractivity contribution in [1.82, 2.24) is 9.91 Å². The summed E-state index contributed by atoms with van der Waals surface area (Å²) in [4.78, 5) is 20.1. The van der Waals surface area contributed by atoms with Gasteiger partial charge in [-0.3, -0.25) is 10.2 Å². The van der Waals surface area contributed by atoms with Gasteiger partial charge in [-0.2, -0.15) is 10.0 Å². The molecule has 0 saturated carbocycles. The van der Waals surface area contributed by atoms with E-state index in [0.29, 0.717) is 10.9 Å². The molecule has 5 rings (SSSR count). The Morgan fingerprint density at radius 1 is 1.10 bits per heavy atom. The van der Waals surface area contributed by atoms with Crippen molar-refractivity contribution in [2.24, 2.45) is 10.1 Å². The maximum absolute atomic E-state index is 12.6. The van der Waals surface area contributed by atoms with E-state index in [4.69, 9.17) is 9.83 Å². The Hall–Kier alpha value is -2.78. The molecule has 0 aliphatic carbocycles. The predicted octanol–water partition coefficient (Wildman–Crippen LogP) is 4.80. The van der Waals surface area contributed by atoms with E-state index in [1.54, 1.807) is 12.1 Å². The lowest BCUT2D eigenvalue weighted by atomic mass is 10.1. The van der Waals surface area contributed by atoms with Crippen LogP contribution in [-0.4, -0.2) is 45.1 Å². The van der Waals surface area contributed by atoms with Crippen LogP contribution in [0.3, 0.4) is 0 Å². The molecule has 1 aromatic carbocycles. The normalized spacial score (nSPS) is 20.2. The number of aliphatic imine (C=N–C) groups is 1. The lowest BCUT2D eigenvalue weighted by Crippen LogP contribution is -2.35. The Labute approximate surface area is 188 Å². The molecule has 0 radical (unpaired) electrons. The number of thioether (sulfide) groups is 1. The Bertz CT molecular complexity index is 1130. The van der Waals surface area contributed by atoms with E-state index in [1.807, 2.05) is 25.1 Å². The largest absolute Gasteiger partial charge is 0.450 e. The fraction of sp³-hybridized carbons (Fsp3) is 0.273. The fourth-order valence-electron chi connectivity index (χ4n) is 3.53. The minimum atomic E-state index is -0.442. The number of amides is 1. The zero-order valence-corrected chi connectivity index (χ0v) is 18.6. The predicted molar refractivity (Wildman–Crippen MR) is 124 cm³/mol. The van der Waals surface area contributed by atoms with Crippen molar-refractivity contribution in [3.05, 3.63) is 53.3 Å². The molecule has 0 unspecified atom stereocenters. The number of nitrogens with one attached hydrogen (secondary N) is 1. The average Bonchev–Trinajstić information content (AvgIpc) is 3.40. The smallest absolute Gasteiger partial charge is 0.283 e. The molecule has 0 spiro atoms. The first kappa shape index (κ1) is 20.1. The van der Waals surface area contributed by atoms with Crippen molar-refractivity contribution in [3.8, 4) is 0 Å². The molecule has 158 valence electrons. The van der Waals surface area contributed by atoms with E-state index in [2.05, 4.69) is 27.1 Å². The molecule has 3 aliphatic heterocycles. The van der Waals surface area contributed by atoms with Gasteiger partial charge in [0.15, 0.2) is 16.1 Å². The van der Waals surface area contributed by atoms with E-state index in [0.717, 1.165) is 41.1 Å². The molecular weight excluding hydrogens is 430 g/mol. The quantitative estimate of drug-likeness (QED) is 0.675. The number of carbonyl (C=O) groups is 1. The molecule has 4 heterocycles. The van der Waals surface area contributed by atoms with Crippen LogP contribution in [0.25, 0.3) is 6.08 Å². The number of nitrogens with zero attached hydrogens (tertiary/aromatic N) is 4. The van der Waals surface area contributed by atoms with E-state index in [-0.39, 0.29) is 11.4 Å². The summed E-state index contributed by atoms with van der Waals surface area (Å²) in [5, 5.41) is 16.5. The van der Waals surface area contributed by atoms with Gasteiger partial charge in [-0.05, 0) is 68.3 Å². The number of rotatable bonds is 3. The number of hydrogen-bond donors (Lipinski definition) is 1. The Kier molecular flexibility index (Phi) is 5.45. The summed E-state index contributed by atoms with van der Waals surface area (Å²) in [7, 11) is 0. The van der Waals surface area contributed by atoms with Crippen LogP contribution in [0.5, 0.6) is 0 Å². The van der Waals surface area contributed by atoms with Gasteiger partial charge in [0.2, 0.25) is 5.17 Å². The molecule has 9 heteroatoms. The summed E-state index contributed by atoms with van der Waals surface area (Å²) in [6.07, 6.45) is 5.07. The number of carbonyl (C=O) groups excluding carboxylic acids is 1. The zero-order valence-electron chi connectivity index (χ0n) is 17.0. The zero-order chi connectivity index (χ0) is 21.4. The standard InChI is InChI=1S/C22H21N5O2S2/c1-14-5-8-16(9-6-14)30-18-10-7-15(29-18)13-17-19(23)27-21(24-20(17)28)31-22(25-27)26-11-3-2-4-12-26/h5-10,13,23H,2-4,11-12H2,1H3/b17-13+,23-19?. The van der Waals surface area contributed by atoms with Crippen LogP contribution in [0.2, 0.25) is 0 Å². The maximum atomic E-state index is 12.6. The third kappa shape index (κ3) is 4.20. The lowest BCUT2D eigenvalue weighted by Gasteiger charge is -2.26. The highest BCUT2D eigenvalue weighted by Crippen LogP contribution is 2.32. The van der Waals surface area contributed by atoms with Gasteiger partial charge in [0.25, 0.3) is 5.91 Å². The van der Waals surface area contributed by atoms with E-state index >= 15 is 0 Å². The maximum Gasteiger partial charge on any atom is 0.283 e. The molecule has 2 aromatic rings. The Balaban J connectivity index is 1.34. The van der Waals surface area contributed by atoms with E-state index < -0.39 is 5.91 Å². The third-order valence-corrected chi connectivity index (χ3v) is 7.10. The number of benzene rings is 1. The number of hydrogen-bond acceptors (Lipinski definition) is 7. The van der Waals surface area contributed by atoms with Gasteiger partial charge in [-0.1, -0.05) is 29.5 Å². The molecule has 0 atom stereocenters. The number of hydrazone groups is 1. The molecule has 1 N–H and O–H groups in total. The molecule has 1 fully saturated rings. The van der Waals surface area contributed by atoms with Crippen molar-refractivity contribution < 1.29 is 9.21 Å². The number of likely N-dealkylation sites (tertiary alicyclic amines) is 1. The second kappa shape index (κ2) is 8.39. The van der Waals surface area contributed by atoms with Gasteiger partial charge in [0.05, 0.1) is 5.57 Å². The van der Waals surface area contributed by atoms with Crippen LogP contribution in [0.4, 0.5) is 0 Å². The molecule has 7 nitrogen and oxygen atoms in total. The molecule has 3 aliphatic rings. The summed E-state index contributed by atoms with van der Waals surface area (Å²) in [6, 6.07) is 11.8. The minimum Gasteiger partial charge on any atom is -0.450 e. The number of aryl methyl sites for hydroxylation is 1. The van der Waals surface area contributed by atoms with Crippen molar-refractivity contribution >= 4 is 51.7 Å². The number of amidine groups is 3. The van der Waals surface area contributed by atoms with Gasteiger partial charge in [-0.25, -0.2) is 0 Å². The third-order valence-electron chi connectivity index (χ3n) is 5.20. The molecule has 1 saturated heterocycles. The van der Waals surface area contributed by atoms with Crippen molar-refractivity contribution in [3.63, 3.8) is 0 Å². The van der Waals surface area contributed by atoms with Crippen LogP contribution in [-0.2, 0) is 4.79 Å². The second-order valence-electron chi connectivity index (χ2n) is 7.52. The van der Waals surface area contributed by atoms with Gasteiger partial charge in [0, 0.05) is 18.0 Å².